The van der Waals surface area contributed by atoms with Crippen LogP contribution in [0.5, 0.6) is 5.75 Å². The number of rotatable bonds is 7. The van der Waals surface area contributed by atoms with Crippen LogP contribution in [0.2, 0.25) is 5.02 Å². The Balaban J connectivity index is 0.00000158. The highest BCUT2D eigenvalue weighted by Crippen LogP contribution is 2.32. The van der Waals surface area contributed by atoms with Crippen LogP contribution in [-0.2, 0) is 0 Å². The number of amidine groups is 1. The average Bonchev–Trinajstić information content (AvgIpc) is 3.50. The van der Waals surface area contributed by atoms with Crippen LogP contribution in [0.4, 0.5) is 5.00 Å². The maximum absolute atomic E-state index is 6.50. The van der Waals surface area contributed by atoms with Crippen molar-refractivity contribution in [3.63, 3.8) is 0 Å². The summed E-state index contributed by atoms with van der Waals surface area (Å²) in [5, 5.41) is 5.67. The van der Waals surface area contributed by atoms with Crippen molar-refractivity contribution >= 4 is 51.6 Å². The number of aromatic amines is 1. The lowest BCUT2D eigenvalue weighted by molar-refractivity contribution is 0.214. The van der Waals surface area contributed by atoms with E-state index in [9.17, 15) is 0 Å². The number of likely N-dealkylation sites (N-methyl/N-ethyl adjacent to an activating group) is 1. The highest BCUT2D eigenvalue weighted by Gasteiger charge is 2.17. The van der Waals surface area contributed by atoms with Crippen LogP contribution in [0.15, 0.2) is 52.3 Å². The molecule has 0 unspecified atom stereocenters. The Labute approximate surface area is 210 Å². The molecular formula is C24H32ClN7OS. The van der Waals surface area contributed by atoms with Gasteiger partial charge in [-0.2, -0.15) is 4.37 Å². The highest BCUT2D eigenvalue weighted by molar-refractivity contribution is 7.10. The number of nitrogens with zero attached hydrogens (tertiary/aromatic N) is 5. The first-order valence-electron chi connectivity index (χ1n) is 11.3. The first-order valence-corrected chi connectivity index (χ1v) is 12.4. The van der Waals surface area contributed by atoms with Gasteiger partial charge in [0.25, 0.3) is 0 Å². The van der Waals surface area contributed by atoms with Gasteiger partial charge in [0.1, 0.15) is 22.4 Å². The molecule has 182 valence electrons. The lowest BCUT2D eigenvalue weighted by Crippen LogP contribution is -2.47. The molecule has 8 nitrogen and oxygen atoms in total. The Bertz CT molecular complexity index is 1150. The molecule has 1 aliphatic rings. The van der Waals surface area contributed by atoms with Crippen LogP contribution >= 0.6 is 23.1 Å². The molecular weight excluding hydrogens is 470 g/mol. The van der Waals surface area contributed by atoms with Crippen molar-refractivity contribution in [1.29, 1.82) is 0 Å². The fourth-order valence-corrected chi connectivity index (χ4v) is 4.37. The first kappa shape index (κ1) is 25.7. The molecule has 1 saturated heterocycles. The van der Waals surface area contributed by atoms with Gasteiger partial charge >= 0.3 is 0 Å². The zero-order chi connectivity index (χ0) is 24.5. The lowest BCUT2D eigenvalue weighted by atomic mass is 10.2. The van der Waals surface area contributed by atoms with Crippen molar-refractivity contribution in [3.8, 4) is 5.75 Å². The molecule has 1 aliphatic heterocycles. The van der Waals surface area contributed by atoms with E-state index in [1.54, 1.807) is 0 Å². The third-order valence-corrected chi connectivity index (χ3v) is 6.41. The zero-order valence-electron chi connectivity index (χ0n) is 20.1. The Kier molecular flexibility index (Phi) is 9.50. The number of ether oxygens (including phenoxy) is 1. The number of aromatic nitrogens is 2. The van der Waals surface area contributed by atoms with Crippen LogP contribution in [0.25, 0.3) is 10.9 Å². The number of halogens is 1. The van der Waals surface area contributed by atoms with Gasteiger partial charge in [-0.05, 0) is 56.5 Å². The van der Waals surface area contributed by atoms with E-state index in [-0.39, 0.29) is 6.73 Å². The lowest BCUT2D eigenvalue weighted by Gasteiger charge is -2.33. The quantitative estimate of drug-likeness (QED) is 0.341. The number of piperazine rings is 1. The van der Waals surface area contributed by atoms with Gasteiger partial charge in [0.05, 0.1) is 10.7 Å². The van der Waals surface area contributed by atoms with Gasteiger partial charge in [-0.1, -0.05) is 25.4 Å². The summed E-state index contributed by atoms with van der Waals surface area (Å²) < 4.78 is 10.2. The molecule has 2 N–H and O–H groups in total. The molecule has 0 aliphatic carbocycles. The Morgan fingerprint density at radius 2 is 2.06 bits per heavy atom. The third-order valence-electron chi connectivity index (χ3n) is 5.22. The second kappa shape index (κ2) is 12.5. The van der Waals surface area contributed by atoms with Gasteiger partial charge < -0.3 is 24.8 Å². The van der Waals surface area contributed by atoms with Gasteiger partial charge in [-0.3, -0.25) is 0 Å². The van der Waals surface area contributed by atoms with Crippen molar-refractivity contribution in [2.24, 2.45) is 9.98 Å². The van der Waals surface area contributed by atoms with Crippen molar-refractivity contribution in [3.05, 3.63) is 53.1 Å². The molecule has 0 atom stereocenters. The molecule has 0 bridgehead atoms. The second-order valence-electron chi connectivity index (χ2n) is 7.54. The molecule has 0 spiro atoms. The van der Waals surface area contributed by atoms with Crippen LogP contribution < -0.4 is 10.1 Å². The first-order chi connectivity index (χ1) is 16.5. The van der Waals surface area contributed by atoms with Crippen molar-refractivity contribution in [1.82, 2.24) is 19.2 Å². The summed E-state index contributed by atoms with van der Waals surface area (Å²) in [7, 11) is 2.12. The summed E-state index contributed by atoms with van der Waals surface area (Å²) in [5.74, 6) is 2.00. The highest BCUT2D eigenvalue weighted by atomic mass is 35.5. The zero-order valence-corrected chi connectivity index (χ0v) is 21.7. The maximum atomic E-state index is 6.50. The topological polar surface area (TPSA) is 81.1 Å². The predicted octanol–water partition coefficient (Wildman–Crippen LogP) is 5.25. The molecule has 3 aromatic rings. The van der Waals surface area contributed by atoms with Gasteiger partial charge in [-0.15, -0.1) is 0 Å². The molecule has 0 radical (unpaired) electrons. The molecule has 2 aromatic heterocycles. The molecule has 1 fully saturated rings. The van der Waals surface area contributed by atoms with Gasteiger partial charge in [-0.25, -0.2) is 9.98 Å². The number of aliphatic imine (C=N–C) groups is 2. The Hall–Kier alpha value is -2.88. The standard InChI is InChI=1S/C22H26ClN7OS.C2H6/c1-15-12-21(32-28-15)27-19(24-2)13-20(30-10-8-29(3)9-11-30)26-14-31-18-5-4-17-16(22(18)23)6-7-25-17;1-2/h4-7,12-13,25,27H,2,8-11,14H2,1,3H3;1-2H3/b19-13+,26-20+;. The number of H-pyrrole nitrogens is 1. The Morgan fingerprint density at radius 3 is 2.74 bits per heavy atom. The summed E-state index contributed by atoms with van der Waals surface area (Å²) in [5.41, 5.74) is 1.93. The van der Waals surface area contributed by atoms with Crippen molar-refractivity contribution in [2.75, 3.05) is 45.3 Å². The minimum atomic E-state index is 0.137. The molecule has 0 saturated carbocycles. The van der Waals surface area contributed by atoms with E-state index < -0.39 is 0 Å². The molecule has 10 heteroatoms. The summed E-state index contributed by atoms with van der Waals surface area (Å²) in [6, 6.07) is 7.70. The molecule has 0 amide bonds. The van der Waals surface area contributed by atoms with Gasteiger partial charge in [0, 0.05) is 49.4 Å². The number of benzene rings is 1. The third kappa shape index (κ3) is 6.59. The number of nitrogens with one attached hydrogen (secondary N) is 2. The number of fused-ring (bicyclic) bond motifs is 1. The van der Waals surface area contributed by atoms with Crippen LogP contribution in [-0.4, -0.2) is 71.7 Å². The van der Waals surface area contributed by atoms with Gasteiger partial charge in [0.2, 0.25) is 0 Å². The summed E-state index contributed by atoms with van der Waals surface area (Å²) in [6.07, 6.45) is 3.75. The van der Waals surface area contributed by atoms with Crippen LogP contribution in [0.3, 0.4) is 0 Å². The van der Waals surface area contributed by atoms with E-state index in [0.717, 1.165) is 53.6 Å². The fraction of sp³-hybridized carbons (Fsp3) is 0.375. The second-order valence-corrected chi connectivity index (χ2v) is 8.72. The summed E-state index contributed by atoms with van der Waals surface area (Å²) in [4.78, 5) is 16.5. The number of anilines is 1. The van der Waals surface area contributed by atoms with E-state index >= 15 is 0 Å². The number of hydrogen-bond acceptors (Lipinski definition) is 7. The molecule has 4 rings (SSSR count). The molecule has 1 aromatic carbocycles. The minimum Gasteiger partial charge on any atom is -0.470 e. The normalized spacial score (nSPS) is 15.1. The summed E-state index contributed by atoms with van der Waals surface area (Å²) >= 11 is 7.89. The summed E-state index contributed by atoms with van der Waals surface area (Å²) in [6.45, 7) is 13.5. The number of hydrogen-bond donors (Lipinski definition) is 2. The average molecular weight is 502 g/mol. The van der Waals surface area contributed by atoms with Crippen LogP contribution in [0, 0.1) is 6.92 Å². The fourth-order valence-electron chi connectivity index (χ4n) is 3.42. The van der Waals surface area contributed by atoms with E-state index in [2.05, 4.69) is 43.2 Å². The van der Waals surface area contributed by atoms with E-state index in [4.69, 9.17) is 21.3 Å². The van der Waals surface area contributed by atoms with E-state index in [1.807, 2.05) is 57.3 Å². The SMILES string of the molecule is C=N/C(=C\C(=N/COc1ccc2[nH]ccc2c1Cl)N1CCN(C)CC1)Nc1cc(C)ns1.CC. The Morgan fingerprint density at radius 1 is 1.29 bits per heavy atom. The van der Waals surface area contributed by atoms with E-state index in [0.29, 0.717) is 16.6 Å². The largest absolute Gasteiger partial charge is 0.470 e. The molecule has 34 heavy (non-hydrogen) atoms. The van der Waals surface area contributed by atoms with Crippen molar-refractivity contribution < 1.29 is 4.74 Å². The van der Waals surface area contributed by atoms with Gasteiger partial charge in [0.15, 0.2) is 6.73 Å². The monoisotopic (exact) mass is 501 g/mol. The van der Waals surface area contributed by atoms with E-state index in [1.165, 1.54) is 11.5 Å². The van der Waals surface area contributed by atoms with Crippen LogP contribution in [0.1, 0.15) is 19.5 Å². The minimum absolute atomic E-state index is 0.137. The maximum Gasteiger partial charge on any atom is 0.181 e. The number of aryl methyl sites for hydroxylation is 1. The predicted molar refractivity (Wildman–Crippen MR) is 145 cm³/mol. The van der Waals surface area contributed by atoms with Crippen molar-refractivity contribution in [2.45, 2.75) is 20.8 Å². The smallest absolute Gasteiger partial charge is 0.181 e. The molecule has 3 heterocycles.